The SMILES string of the molecule is CC(C)(C)[S@](=O)N=C(CF)c1cc(Br)ccc1F. The highest BCUT2D eigenvalue weighted by Crippen LogP contribution is 2.19. The van der Waals surface area contributed by atoms with Crippen LogP contribution in [-0.2, 0) is 11.0 Å². The molecular weight excluding hydrogens is 324 g/mol. The average molecular weight is 338 g/mol. The van der Waals surface area contributed by atoms with Gasteiger partial charge in [0.05, 0.1) is 10.5 Å². The second-order valence-corrected chi connectivity index (χ2v) is 7.48. The minimum absolute atomic E-state index is 0.0319. The van der Waals surface area contributed by atoms with Crippen molar-refractivity contribution in [2.45, 2.75) is 25.5 Å². The van der Waals surface area contributed by atoms with Crippen molar-refractivity contribution in [1.82, 2.24) is 0 Å². The molecule has 1 atom stereocenters. The lowest BCUT2D eigenvalue weighted by Crippen LogP contribution is -2.22. The van der Waals surface area contributed by atoms with Crippen LogP contribution in [0.3, 0.4) is 0 Å². The zero-order chi connectivity index (χ0) is 13.9. The Balaban J connectivity index is 3.22. The van der Waals surface area contributed by atoms with E-state index in [1.807, 2.05) is 0 Å². The minimum atomic E-state index is -1.62. The number of hydrogen-bond donors (Lipinski definition) is 0. The lowest BCUT2D eigenvalue weighted by molar-refractivity contribution is 0.576. The molecule has 0 aliphatic heterocycles. The van der Waals surface area contributed by atoms with Crippen LogP contribution in [-0.4, -0.2) is 21.3 Å². The molecule has 6 heteroatoms. The Morgan fingerprint density at radius 1 is 1.44 bits per heavy atom. The zero-order valence-electron chi connectivity index (χ0n) is 10.3. The maximum absolute atomic E-state index is 13.6. The lowest BCUT2D eigenvalue weighted by atomic mass is 10.1. The van der Waals surface area contributed by atoms with Gasteiger partial charge in [0.2, 0.25) is 0 Å². The van der Waals surface area contributed by atoms with Gasteiger partial charge in [0.25, 0.3) is 0 Å². The standard InChI is InChI=1S/C12H14BrF2NOS/c1-12(2,3)18(17)16-11(7-14)9-6-8(13)4-5-10(9)15/h4-6H,7H2,1-3H3/t18-/m0/s1. The quantitative estimate of drug-likeness (QED) is 0.771. The van der Waals surface area contributed by atoms with E-state index in [2.05, 4.69) is 20.3 Å². The Morgan fingerprint density at radius 3 is 2.56 bits per heavy atom. The number of rotatable bonds is 3. The van der Waals surface area contributed by atoms with Crippen molar-refractivity contribution in [3.63, 3.8) is 0 Å². The maximum Gasteiger partial charge on any atom is 0.145 e. The van der Waals surface area contributed by atoms with Crippen molar-refractivity contribution in [2.75, 3.05) is 6.67 Å². The fourth-order valence-electron chi connectivity index (χ4n) is 1.10. The van der Waals surface area contributed by atoms with Crippen LogP contribution in [0.15, 0.2) is 27.1 Å². The molecule has 0 fully saturated rings. The third kappa shape index (κ3) is 3.95. The van der Waals surface area contributed by atoms with E-state index >= 15 is 0 Å². The van der Waals surface area contributed by atoms with Crippen molar-refractivity contribution in [2.24, 2.45) is 4.40 Å². The molecule has 0 spiro atoms. The van der Waals surface area contributed by atoms with E-state index in [-0.39, 0.29) is 11.3 Å². The van der Waals surface area contributed by atoms with Gasteiger partial charge in [-0.15, -0.1) is 0 Å². The van der Waals surface area contributed by atoms with E-state index in [9.17, 15) is 13.0 Å². The minimum Gasteiger partial charge on any atom is -0.244 e. The van der Waals surface area contributed by atoms with Gasteiger partial charge in [-0.05, 0) is 39.0 Å². The van der Waals surface area contributed by atoms with Gasteiger partial charge < -0.3 is 0 Å². The molecule has 0 saturated carbocycles. The van der Waals surface area contributed by atoms with Gasteiger partial charge in [-0.3, -0.25) is 0 Å². The second-order valence-electron chi connectivity index (χ2n) is 4.66. The number of hydrogen-bond acceptors (Lipinski definition) is 1. The molecule has 1 aromatic carbocycles. The van der Waals surface area contributed by atoms with E-state index in [0.717, 1.165) is 0 Å². The fraction of sp³-hybridized carbons (Fsp3) is 0.417. The molecular formula is C12H14BrF2NOS. The molecule has 0 N–H and O–H groups in total. The van der Waals surface area contributed by atoms with Gasteiger partial charge in [0.1, 0.15) is 23.5 Å². The summed E-state index contributed by atoms with van der Waals surface area (Å²) in [4.78, 5) is 0. The average Bonchev–Trinajstić information content (AvgIpc) is 2.28. The molecule has 0 aliphatic rings. The van der Waals surface area contributed by atoms with Crippen LogP contribution >= 0.6 is 15.9 Å². The maximum atomic E-state index is 13.6. The van der Waals surface area contributed by atoms with Crippen LogP contribution in [0, 0.1) is 5.82 Å². The summed E-state index contributed by atoms with van der Waals surface area (Å²) in [6.45, 7) is 4.20. The summed E-state index contributed by atoms with van der Waals surface area (Å²) in [7, 11) is -1.62. The summed E-state index contributed by atoms with van der Waals surface area (Å²) < 4.78 is 42.2. The van der Waals surface area contributed by atoms with Crippen molar-refractivity contribution >= 4 is 32.6 Å². The Morgan fingerprint density at radius 2 is 2.06 bits per heavy atom. The highest BCUT2D eigenvalue weighted by molar-refractivity contribution is 9.10. The van der Waals surface area contributed by atoms with Crippen LogP contribution in [0.5, 0.6) is 0 Å². The molecule has 0 aliphatic carbocycles. The van der Waals surface area contributed by atoms with Gasteiger partial charge in [0.15, 0.2) is 0 Å². The first-order valence-corrected chi connectivity index (χ1v) is 7.16. The molecule has 100 valence electrons. The van der Waals surface area contributed by atoms with Crippen LogP contribution < -0.4 is 0 Å². The molecule has 18 heavy (non-hydrogen) atoms. The molecule has 0 heterocycles. The molecule has 0 amide bonds. The van der Waals surface area contributed by atoms with Gasteiger partial charge in [0, 0.05) is 10.0 Å². The highest BCUT2D eigenvalue weighted by atomic mass is 79.9. The van der Waals surface area contributed by atoms with Crippen molar-refractivity contribution in [3.8, 4) is 0 Å². The molecule has 1 aromatic rings. The molecule has 0 bridgehead atoms. The van der Waals surface area contributed by atoms with Crippen LogP contribution in [0.1, 0.15) is 26.3 Å². The number of alkyl halides is 1. The summed E-state index contributed by atoms with van der Waals surface area (Å²) in [5.74, 6) is -0.583. The molecule has 0 radical (unpaired) electrons. The van der Waals surface area contributed by atoms with Crippen LogP contribution in [0.4, 0.5) is 8.78 Å². The molecule has 0 unspecified atom stereocenters. The van der Waals surface area contributed by atoms with Crippen molar-refractivity contribution in [3.05, 3.63) is 34.1 Å². The van der Waals surface area contributed by atoms with Gasteiger partial charge in [-0.2, -0.15) is 4.40 Å². The number of benzene rings is 1. The van der Waals surface area contributed by atoms with E-state index in [1.54, 1.807) is 20.8 Å². The third-order valence-corrected chi connectivity index (χ3v) is 4.01. The van der Waals surface area contributed by atoms with Crippen molar-refractivity contribution in [1.29, 1.82) is 0 Å². The van der Waals surface area contributed by atoms with Crippen LogP contribution in [0.2, 0.25) is 0 Å². The third-order valence-electron chi connectivity index (χ3n) is 2.08. The van der Waals surface area contributed by atoms with E-state index < -0.39 is 28.2 Å². The zero-order valence-corrected chi connectivity index (χ0v) is 12.7. The van der Waals surface area contributed by atoms with E-state index in [1.165, 1.54) is 18.2 Å². The molecule has 0 saturated heterocycles. The van der Waals surface area contributed by atoms with E-state index in [4.69, 9.17) is 0 Å². The predicted octanol–water partition coefficient (Wildman–Crippen LogP) is 3.81. The molecule has 2 nitrogen and oxygen atoms in total. The van der Waals surface area contributed by atoms with E-state index in [0.29, 0.717) is 4.47 Å². The Bertz CT molecular complexity index is 497. The van der Waals surface area contributed by atoms with Crippen LogP contribution in [0.25, 0.3) is 0 Å². The number of halogens is 3. The largest absolute Gasteiger partial charge is 0.244 e. The summed E-state index contributed by atoms with van der Waals surface area (Å²) in [6, 6.07) is 4.15. The fourth-order valence-corrected chi connectivity index (χ4v) is 2.08. The molecule has 1 rings (SSSR count). The first-order chi connectivity index (χ1) is 8.25. The van der Waals surface area contributed by atoms with Gasteiger partial charge >= 0.3 is 0 Å². The smallest absolute Gasteiger partial charge is 0.145 e. The first kappa shape index (κ1) is 15.4. The predicted molar refractivity (Wildman–Crippen MR) is 74.5 cm³/mol. The first-order valence-electron chi connectivity index (χ1n) is 5.26. The molecule has 0 aromatic heterocycles. The second kappa shape index (κ2) is 6.02. The summed E-state index contributed by atoms with van der Waals surface area (Å²) in [6.07, 6.45) is 0. The summed E-state index contributed by atoms with van der Waals surface area (Å²) in [5, 5.41) is 0. The lowest BCUT2D eigenvalue weighted by Gasteiger charge is -2.14. The number of nitrogens with zero attached hydrogens (tertiary/aromatic N) is 1. The van der Waals surface area contributed by atoms with Crippen molar-refractivity contribution < 1.29 is 13.0 Å². The highest BCUT2D eigenvalue weighted by Gasteiger charge is 2.21. The monoisotopic (exact) mass is 337 g/mol. The van der Waals surface area contributed by atoms with Gasteiger partial charge in [-0.1, -0.05) is 15.9 Å². The summed E-state index contributed by atoms with van der Waals surface area (Å²) >= 11 is 3.18. The Hall–Kier alpha value is -0.620. The topological polar surface area (TPSA) is 29.4 Å². The summed E-state index contributed by atoms with van der Waals surface area (Å²) in [5.41, 5.74) is -0.105. The van der Waals surface area contributed by atoms with Gasteiger partial charge in [-0.25, -0.2) is 13.0 Å². The Labute approximate surface area is 116 Å². The Kier molecular flexibility index (Phi) is 5.16. The normalized spacial score (nSPS) is 14.7.